The minimum atomic E-state index is -0.870. The van der Waals surface area contributed by atoms with E-state index >= 15 is 0 Å². The average Bonchev–Trinajstić information content (AvgIpc) is 3.92. The summed E-state index contributed by atoms with van der Waals surface area (Å²) in [5, 5.41) is 2.67. The number of hydrogen-bond donors (Lipinski definition) is 2. The van der Waals surface area contributed by atoms with Crippen molar-refractivity contribution in [1.29, 1.82) is 0 Å². The van der Waals surface area contributed by atoms with Gasteiger partial charge in [-0.05, 0) is 62.3 Å². The molecule has 270 valence electrons. The second-order valence-corrected chi connectivity index (χ2v) is 14.8. The first-order valence-electron chi connectivity index (χ1n) is 17.3. The van der Waals surface area contributed by atoms with E-state index in [-0.39, 0.29) is 25.2 Å². The van der Waals surface area contributed by atoms with Gasteiger partial charge in [0, 0.05) is 31.3 Å². The summed E-state index contributed by atoms with van der Waals surface area (Å²) in [6.07, 6.45) is 0.290. The number of carbonyl (C=O) groups excluding carboxylic acids is 3. The zero-order valence-electron chi connectivity index (χ0n) is 30.0. The van der Waals surface area contributed by atoms with E-state index in [1.54, 1.807) is 16.0 Å². The van der Waals surface area contributed by atoms with Gasteiger partial charge in [0.05, 0.1) is 36.6 Å². The number of hydrogen-bond acceptors (Lipinski definition) is 10. The van der Waals surface area contributed by atoms with Crippen LogP contribution in [-0.4, -0.2) is 88.8 Å². The van der Waals surface area contributed by atoms with Crippen LogP contribution in [0, 0.1) is 5.92 Å². The topological polar surface area (TPSA) is 154 Å². The van der Waals surface area contributed by atoms with Gasteiger partial charge < -0.3 is 43.5 Å². The molecule has 14 nitrogen and oxygen atoms in total. The van der Waals surface area contributed by atoms with Gasteiger partial charge in [-0.15, -0.1) is 0 Å². The molecule has 3 aromatic rings. The van der Waals surface area contributed by atoms with Crippen LogP contribution in [0.25, 0.3) is 11.3 Å². The molecule has 0 radical (unpaired) electrons. The van der Waals surface area contributed by atoms with Crippen molar-refractivity contribution in [3.05, 3.63) is 59.5 Å². The van der Waals surface area contributed by atoms with Crippen molar-refractivity contribution in [2.45, 2.75) is 90.4 Å². The van der Waals surface area contributed by atoms with Crippen LogP contribution >= 0.6 is 0 Å². The van der Waals surface area contributed by atoms with Gasteiger partial charge in [-0.25, -0.2) is 14.6 Å². The van der Waals surface area contributed by atoms with Crippen molar-refractivity contribution in [2.75, 3.05) is 20.4 Å². The molecule has 2 saturated heterocycles. The number of ether oxygens (including phenoxy) is 4. The third-order valence-corrected chi connectivity index (χ3v) is 10.5. The summed E-state index contributed by atoms with van der Waals surface area (Å²) in [6.45, 7) is 12.8. The molecule has 2 aromatic carbocycles. The van der Waals surface area contributed by atoms with Gasteiger partial charge in [-0.1, -0.05) is 38.1 Å². The lowest BCUT2D eigenvalue weighted by Gasteiger charge is -2.32. The van der Waals surface area contributed by atoms with Gasteiger partial charge in [0.2, 0.25) is 12.7 Å². The highest BCUT2D eigenvalue weighted by molar-refractivity contribution is 6.62. The smallest absolute Gasteiger partial charge is 0.454 e. The van der Waals surface area contributed by atoms with Gasteiger partial charge >= 0.3 is 19.3 Å². The molecule has 0 bridgehead atoms. The number of aromatic amines is 1. The van der Waals surface area contributed by atoms with Crippen molar-refractivity contribution < 1.29 is 42.6 Å². The van der Waals surface area contributed by atoms with E-state index in [4.69, 9.17) is 33.2 Å². The third kappa shape index (κ3) is 6.60. The first-order valence-corrected chi connectivity index (χ1v) is 17.3. The van der Waals surface area contributed by atoms with E-state index in [1.165, 1.54) is 7.11 Å². The molecule has 4 aliphatic heterocycles. The van der Waals surface area contributed by atoms with Crippen LogP contribution < -0.4 is 20.3 Å². The molecule has 0 aliphatic carbocycles. The van der Waals surface area contributed by atoms with E-state index < -0.39 is 48.7 Å². The molecule has 3 amide bonds. The molecular weight excluding hydrogens is 657 g/mol. The molecule has 3 atom stereocenters. The van der Waals surface area contributed by atoms with Crippen molar-refractivity contribution in [2.24, 2.45) is 5.92 Å². The van der Waals surface area contributed by atoms with Gasteiger partial charge in [-0.3, -0.25) is 9.69 Å². The fourth-order valence-corrected chi connectivity index (χ4v) is 6.84. The van der Waals surface area contributed by atoms with Crippen LogP contribution in [-0.2, 0) is 36.7 Å². The van der Waals surface area contributed by atoms with Crippen molar-refractivity contribution in [3.8, 4) is 22.8 Å². The number of aromatic nitrogens is 2. The Labute approximate surface area is 297 Å². The number of nitrogens with one attached hydrogen (secondary N) is 2. The number of methoxy groups -OCH3 is 1. The quantitative estimate of drug-likeness (QED) is 0.342. The predicted molar refractivity (Wildman–Crippen MR) is 185 cm³/mol. The number of carbonyl (C=O) groups is 3. The minimum Gasteiger partial charge on any atom is -0.454 e. The lowest BCUT2D eigenvalue weighted by atomic mass is 9.79. The van der Waals surface area contributed by atoms with Crippen LogP contribution in [0.1, 0.15) is 71.0 Å². The summed E-state index contributed by atoms with van der Waals surface area (Å²) in [6, 6.07) is 10.2. The maximum Gasteiger partial charge on any atom is 0.494 e. The number of fused-ring (bicyclic) bond motifs is 2. The zero-order chi connectivity index (χ0) is 36.2. The number of amides is 3. The number of alkyl carbamates (subject to hydrolysis) is 1. The fourth-order valence-electron chi connectivity index (χ4n) is 6.84. The molecule has 0 spiro atoms. The van der Waals surface area contributed by atoms with E-state index in [1.807, 2.05) is 77.9 Å². The molecular formula is C36H44BN5O9. The number of benzene rings is 2. The highest BCUT2D eigenvalue weighted by Crippen LogP contribution is 2.40. The summed E-state index contributed by atoms with van der Waals surface area (Å²) >= 11 is 0. The van der Waals surface area contributed by atoms with E-state index in [0.29, 0.717) is 42.5 Å². The Morgan fingerprint density at radius 1 is 1.00 bits per heavy atom. The standard InChI is InChI=1S/C36H44BN5O9/c1-20(2)30(40-33(44)46-7)32(43)42-18-25(49-34(45)41-16-22-12-28-29(48-19-47-28)13-23(22)17-41)14-27(42)31-38-15-26(39-31)21-8-10-24(11-9-21)37-50-35(3,4)36(5,6)51-37/h8-13,15,20,25,27,30H,14,16-19H2,1-7H3,(H,38,39)(H,40,44)/t25-,27+,30+/m1/s1. The van der Waals surface area contributed by atoms with Gasteiger partial charge in [0.1, 0.15) is 18.0 Å². The monoisotopic (exact) mass is 701 g/mol. The Bertz CT molecular complexity index is 1780. The molecule has 4 aliphatic rings. The number of H-pyrrole nitrogens is 1. The fraction of sp³-hybridized carbons (Fsp3) is 0.500. The second-order valence-electron chi connectivity index (χ2n) is 14.8. The normalized spacial score (nSPS) is 21.9. The summed E-state index contributed by atoms with van der Waals surface area (Å²) < 4.78 is 34.3. The number of nitrogens with zero attached hydrogens (tertiary/aromatic N) is 3. The summed E-state index contributed by atoms with van der Waals surface area (Å²) in [5.41, 5.74) is 3.48. The molecule has 2 N–H and O–H groups in total. The molecule has 51 heavy (non-hydrogen) atoms. The molecule has 1 aromatic heterocycles. The Kier molecular flexibility index (Phi) is 8.90. The van der Waals surface area contributed by atoms with E-state index in [9.17, 15) is 14.4 Å². The average molecular weight is 702 g/mol. The zero-order valence-corrected chi connectivity index (χ0v) is 30.0. The van der Waals surface area contributed by atoms with E-state index in [2.05, 4.69) is 10.3 Å². The number of imidazole rings is 1. The van der Waals surface area contributed by atoms with Crippen molar-refractivity contribution in [3.63, 3.8) is 0 Å². The maximum absolute atomic E-state index is 14.1. The number of rotatable bonds is 7. The van der Waals surface area contributed by atoms with Crippen LogP contribution in [0.3, 0.4) is 0 Å². The summed E-state index contributed by atoms with van der Waals surface area (Å²) in [4.78, 5) is 51.2. The molecule has 2 fully saturated rings. The Balaban J connectivity index is 1.09. The second kappa shape index (κ2) is 13.1. The van der Waals surface area contributed by atoms with Crippen molar-refractivity contribution >= 4 is 30.7 Å². The summed E-state index contributed by atoms with van der Waals surface area (Å²) in [5.74, 6) is 1.29. The molecule has 7 rings (SSSR count). The van der Waals surface area contributed by atoms with Gasteiger partial charge in [0.25, 0.3) is 0 Å². The van der Waals surface area contributed by atoms with Crippen LogP contribution in [0.4, 0.5) is 9.59 Å². The van der Waals surface area contributed by atoms with Crippen LogP contribution in [0.15, 0.2) is 42.6 Å². The predicted octanol–water partition coefficient (Wildman–Crippen LogP) is 4.28. The Hall–Kier alpha value is -4.76. The van der Waals surface area contributed by atoms with Crippen LogP contribution in [0.5, 0.6) is 11.5 Å². The summed E-state index contributed by atoms with van der Waals surface area (Å²) in [7, 11) is 0.768. The van der Waals surface area contributed by atoms with Crippen LogP contribution in [0.2, 0.25) is 0 Å². The van der Waals surface area contributed by atoms with E-state index in [0.717, 1.165) is 22.2 Å². The lowest BCUT2D eigenvalue weighted by Crippen LogP contribution is -2.51. The van der Waals surface area contributed by atoms with Crippen molar-refractivity contribution in [1.82, 2.24) is 25.1 Å². The SMILES string of the molecule is COC(=O)N[C@H](C(=O)N1C[C@H](OC(=O)N2Cc3cc4c(cc3C2)OCO4)C[C@H]1c1nc(-c2ccc(B3OC(C)(C)C(C)(C)O3)cc2)c[nH]1)C(C)C. The first kappa shape index (κ1) is 34.7. The largest absolute Gasteiger partial charge is 0.494 e. The lowest BCUT2D eigenvalue weighted by molar-refractivity contribution is -0.135. The highest BCUT2D eigenvalue weighted by Gasteiger charge is 2.51. The molecule has 0 unspecified atom stereocenters. The third-order valence-electron chi connectivity index (χ3n) is 10.5. The Morgan fingerprint density at radius 2 is 1.63 bits per heavy atom. The Morgan fingerprint density at radius 3 is 2.22 bits per heavy atom. The maximum atomic E-state index is 14.1. The van der Waals surface area contributed by atoms with Gasteiger partial charge in [0.15, 0.2) is 11.5 Å². The minimum absolute atomic E-state index is 0.122. The van der Waals surface area contributed by atoms with Gasteiger partial charge in [-0.2, -0.15) is 0 Å². The molecule has 0 saturated carbocycles. The molecule has 15 heteroatoms. The first-order chi connectivity index (χ1) is 24.2. The number of likely N-dealkylation sites (tertiary alicyclic amines) is 1. The highest BCUT2D eigenvalue weighted by atomic mass is 16.7. The molecule has 5 heterocycles.